The summed E-state index contributed by atoms with van der Waals surface area (Å²) in [6.07, 6.45) is 2.38. The molecule has 386 valence electrons. The van der Waals surface area contributed by atoms with Crippen LogP contribution < -0.4 is 77.3 Å². The summed E-state index contributed by atoms with van der Waals surface area (Å²) >= 11 is 4.06. The third-order valence-electron chi connectivity index (χ3n) is 12.0. The molecule has 27 heteroatoms. The number of rotatable bonds is 19. The molecule has 77 heavy (non-hydrogen) atoms. The van der Waals surface area contributed by atoms with Crippen molar-refractivity contribution in [2.75, 3.05) is 10.2 Å². The van der Waals surface area contributed by atoms with Gasteiger partial charge in [-0.3, -0.25) is 15.0 Å². The molecule has 4 aromatic carbocycles. The number of aryl methyl sites for hydroxylation is 6. The fourth-order valence-corrected chi connectivity index (χ4v) is 12.3. The van der Waals surface area contributed by atoms with Crippen LogP contribution in [0.5, 0.6) is 0 Å². The van der Waals surface area contributed by atoms with Gasteiger partial charge in [-0.2, -0.15) is 23.7 Å². The first-order valence-electron chi connectivity index (χ1n) is 23.2. The van der Waals surface area contributed by atoms with Crippen molar-refractivity contribution in [2.45, 2.75) is 115 Å². The van der Waals surface area contributed by atoms with E-state index in [-0.39, 0.29) is 78.7 Å². The molecule has 0 atom stereocenters. The SMILES string of the molecule is CCc1cc(C)c(SOO[O-])c(CC)c1Nc1nc(N(c2nc3ccc(S(=O)(=O)[O-])cc3s2)c2c(CC)cc(C)cc2CC)cc(C)c1N=Nc1c(C#N)c(C(C)(C)C)nn1-c1nc2ccc(SOO[O-])cc2s1.[Li+].[Li+].[Li+]. The first-order valence-corrected chi connectivity index (χ1v) is 27.7. The molecule has 0 unspecified atom stereocenters. The van der Waals surface area contributed by atoms with E-state index in [2.05, 4.69) is 51.8 Å². The number of thiazole rings is 2. The fraction of sp³-hybridized carbons (Fsp3) is 0.300. The largest absolute Gasteiger partial charge is 1.00 e. The van der Waals surface area contributed by atoms with Crippen molar-refractivity contribution in [2.24, 2.45) is 10.2 Å². The van der Waals surface area contributed by atoms with Crippen LogP contribution in [0.1, 0.15) is 98.7 Å². The van der Waals surface area contributed by atoms with E-state index in [0.29, 0.717) is 89.9 Å². The maximum absolute atomic E-state index is 12.2. The van der Waals surface area contributed by atoms with Crippen LogP contribution in [0.15, 0.2) is 85.6 Å². The van der Waals surface area contributed by atoms with Crippen molar-refractivity contribution in [3.8, 4) is 11.2 Å². The second kappa shape index (κ2) is 26.9. The minimum atomic E-state index is -4.77. The third kappa shape index (κ3) is 13.6. The number of aromatic nitrogens is 5. The van der Waals surface area contributed by atoms with Gasteiger partial charge in [0.05, 0.1) is 60.8 Å². The Morgan fingerprint density at radius 3 is 2.04 bits per heavy atom. The van der Waals surface area contributed by atoms with E-state index in [0.717, 1.165) is 67.9 Å². The number of fused-ring (bicyclic) bond motifs is 2. The van der Waals surface area contributed by atoms with Gasteiger partial charge < -0.3 is 20.4 Å². The van der Waals surface area contributed by atoms with Crippen molar-refractivity contribution >= 4 is 117 Å². The van der Waals surface area contributed by atoms with Gasteiger partial charge in [0.15, 0.2) is 16.8 Å². The zero-order chi connectivity index (χ0) is 53.2. The average Bonchev–Trinajstić information content (AvgIpc) is 4.10. The summed E-state index contributed by atoms with van der Waals surface area (Å²) in [7, 11) is -4.77. The molecular weight excluding hydrogens is 1070 g/mol. The van der Waals surface area contributed by atoms with Crippen molar-refractivity contribution < 1.29 is 98.8 Å². The molecule has 4 aromatic heterocycles. The molecule has 4 heterocycles. The summed E-state index contributed by atoms with van der Waals surface area (Å²) in [6.45, 7) is 19.8. The molecule has 8 rings (SSSR count). The zero-order valence-corrected chi connectivity index (χ0v) is 48.9. The standard InChI is InChI=1S/C50H52N10O9S5.3Li/c1-11-29-21-28(7)44(73-69-67-62)34(14-4)42(29)55-46-41(56-57-47-35(25-51)45(50(8,9)10)58-60(47)49-53-36-17-15-32(72-68-66-61)23-38(36)71-49)27(6)22-40(54-46)59(43-30(12-2)19-26(5)20-31(43)13-3)48-52-37-18-16-33(74(63,64)65)24-39(37)70-48;;;/h15-24,61-62H,11-14H2,1-10H3,(H,54,55)(H,63,64,65);;;/q;3*+1/p-3. The van der Waals surface area contributed by atoms with Crippen molar-refractivity contribution in [3.05, 3.63) is 111 Å². The molecule has 0 aliphatic rings. The Labute approximate surface area is 499 Å². The normalized spacial score (nSPS) is 11.7. The van der Waals surface area contributed by atoms with Gasteiger partial charge in [-0.15, -0.1) is 10.2 Å². The van der Waals surface area contributed by atoms with E-state index in [1.165, 1.54) is 45.6 Å². The molecule has 19 nitrogen and oxygen atoms in total. The Bertz CT molecular complexity index is 3610. The van der Waals surface area contributed by atoms with Crippen LogP contribution in [0.3, 0.4) is 0 Å². The van der Waals surface area contributed by atoms with Crippen molar-refractivity contribution in [1.82, 2.24) is 24.7 Å². The van der Waals surface area contributed by atoms with Crippen LogP contribution in [0.2, 0.25) is 0 Å². The number of azo groups is 1. The van der Waals surface area contributed by atoms with Gasteiger partial charge >= 0.3 is 56.6 Å². The Hall–Kier alpha value is -4.13. The summed E-state index contributed by atoms with van der Waals surface area (Å²) < 4.78 is 48.8. The van der Waals surface area contributed by atoms with Crippen LogP contribution in [-0.2, 0) is 60.0 Å². The van der Waals surface area contributed by atoms with E-state index in [4.69, 9.17) is 34.6 Å². The molecule has 0 aliphatic heterocycles. The van der Waals surface area contributed by atoms with Gasteiger partial charge in [-0.25, -0.2) is 23.4 Å². The number of benzene rings is 4. The monoisotopic (exact) mass is 1110 g/mol. The van der Waals surface area contributed by atoms with Gasteiger partial charge in [-0.05, 0) is 122 Å². The summed E-state index contributed by atoms with van der Waals surface area (Å²) in [5, 5.41) is 59.2. The number of hydrogen-bond acceptors (Lipinski definition) is 22. The maximum Gasteiger partial charge on any atom is 1.00 e. The minimum Gasteiger partial charge on any atom is -0.744 e. The molecule has 8 aromatic rings. The summed E-state index contributed by atoms with van der Waals surface area (Å²) in [5.74, 6) is 0.801. The maximum atomic E-state index is 12.2. The van der Waals surface area contributed by atoms with Crippen molar-refractivity contribution in [3.63, 3.8) is 0 Å². The Morgan fingerprint density at radius 2 is 1.43 bits per heavy atom. The van der Waals surface area contributed by atoms with Crippen LogP contribution in [0, 0.1) is 32.1 Å². The predicted molar refractivity (Wildman–Crippen MR) is 282 cm³/mol. The molecule has 0 amide bonds. The first kappa shape index (κ1) is 63.7. The van der Waals surface area contributed by atoms with Gasteiger partial charge in [-0.1, -0.05) is 94.9 Å². The number of anilines is 5. The van der Waals surface area contributed by atoms with Gasteiger partial charge in [0.2, 0.25) is 5.13 Å². The summed E-state index contributed by atoms with van der Waals surface area (Å²) in [6, 6.07) is 19.8. The summed E-state index contributed by atoms with van der Waals surface area (Å²) in [4.78, 5) is 18.2. The van der Waals surface area contributed by atoms with Gasteiger partial charge in [0.25, 0.3) is 0 Å². The molecule has 0 saturated carbocycles. The fourth-order valence-electron chi connectivity index (χ4n) is 8.64. The van der Waals surface area contributed by atoms with Crippen LogP contribution >= 0.6 is 46.8 Å². The second-order valence-electron chi connectivity index (χ2n) is 18.0. The van der Waals surface area contributed by atoms with Gasteiger partial charge in [0, 0.05) is 20.9 Å². The average molecular weight is 1120 g/mol. The molecular formula is C50H49Li3N10O9S5. The predicted octanol–water partition coefficient (Wildman–Crippen LogP) is 2.84. The molecule has 0 spiro atoms. The molecule has 1 N–H and O–H groups in total. The quantitative estimate of drug-likeness (QED) is 0.0305. The van der Waals surface area contributed by atoms with E-state index < -0.39 is 15.5 Å². The number of hydrogen-bond donors (Lipinski definition) is 1. The topological polar surface area (TPSA) is 261 Å². The number of pyridine rings is 1. The molecule has 0 fully saturated rings. The van der Waals surface area contributed by atoms with Crippen molar-refractivity contribution in [1.29, 1.82) is 5.26 Å². The molecule has 0 radical (unpaired) electrons. The number of nitrogens with zero attached hydrogens (tertiary/aromatic N) is 9. The van der Waals surface area contributed by atoms with Gasteiger partial charge in [0.1, 0.15) is 33.3 Å². The molecule has 0 aliphatic carbocycles. The second-order valence-corrected chi connectivity index (χ2v) is 22.9. The van der Waals surface area contributed by atoms with E-state index in [9.17, 15) is 28.7 Å². The van der Waals surface area contributed by atoms with Crippen LogP contribution in [0.4, 0.5) is 39.6 Å². The zero-order valence-electron chi connectivity index (χ0n) is 44.8. The Morgan fingerprint density at radius 1 is 0.792 bits per heavy atom. The smallest absolute Gasteiger partial charge is 0.744 e. The number of nitriles is 1. The minimum absolute atomic E-state index is 0. The summed E-state index contributed by atoms with van der Waals surface area (Å²) in [5.41, 5.74) is 9.24. The Kier molecular flexibility index (Phi) is 22.2. The Balaban J connectivity index is 0.00000364. The molecule has 0 saturated heterocycles. The third-order valence-corrected chi connectivity index (χ3v) is 16.3. The molecule has 0 bridgehead atoms. The van der Waals surface area contributed by atoms with E-state index in [1.807, 2.05) is 72.4 Å². The first-order chi connectivity index (χ1) is 35.3. The van der Waals surface area contributed by atoms with E-state index >= 15 is 0 Å². The van der Waals surface area contributed by atoms with Crippen LogP contribution in [0.25, 0.3) is 25.6 Å². The van der Waals surface area contributed by atoms with E-state index in [1.54, 1.807) is 18.2 Å². The number of nitrogens with one attached hydrogen (secondary N) is 1. The van der Waals surface area contributed by atoms with Crippen LogP contribution in [-0.4, -0.2) is 37.7 Å².